The largest absolute Gasteiger partial charge is 1.00 e. The Morgan fingerprint density at radius 1 is 0.318 bits per heavy atom. The summed E-state index contributed by atoms with van der Waals surface area (Å²) in [6.07, 6.45) is 0. The summed E-state index contributed by atoms with van der Waals surface area (Å²) in [6.45, 7) is 0. The number of azo groups is 4. The van der Waals surface area contributed by atoms with Crippen LogP contribution in [0.1, 0.15) is 0 Å². The van der Waals surface area contributed by atoms with Crippen molar-refractivity contribution in [2.24, 2.45) is 40.9 Å². The van der Waals surface area contributed by atoms with E-state index < -0.39 is 92.3 Å². The molecular formula is C50H27N8Na5O17S5. The molecule has 0 fully saturated rings. The van der Waals surface area contributed by atoms with Gasteiger partial charge in [-0.3, -0.25) is 9.11 Å². The predicted molar refractivity (Wildman–Crippen MR) is 279 cm³/mol. The van der Waals surface area contributed by atoms with Crippen LogP contribution < -0.4 is 158 Å². The minimum atomic E-state index is -5.21. The maximum absolute atomic E-state index is 14.1. The summed E-state index contributed by atoms with van der Waals surface area (Å²) in [6, 6.07) is 30.8. The van der Waals surface area contributed by atoms with E-state index in [2.05, 4.69) is 40.9 Å². The molecule has 404 valence electrons. The van der Waals surface area contributed by atoms with Crippen molar-refractivity contribution in [3.8, 4) is 11.5 Å². The molecule has 25 nitrogen and oxygen atoms in total. The Labute approximate surface area is 593 Å². The molecule has 10 rings (SSSR count). The van der Waals surface area contributed by atoms with Crippen molar-refractivity contribution in [3.05, 3.63) is 152 Å². The predicted octanol–water partition coefficient (Wildman–Crippen LogP) is -4.51. The zero-order valence-corrected chi connectivity index (χ0v) is 58.7. The molecule has 0 radical (unpaired) electrons. The Kier molecular flexibility index (Phi) is 23.5. The van der Waals surface area contributed by atoms with Crippen molar-refractivity contribution in [2.45, 2.75) is 24.5 Å². The van der Waals surface area contributed by atoms with Crippen LogP contribution in [0.3, 0.4) is 0 Å². The number of hydrogen-bond acceptors (Lipinski definition) is 23. The van der Waals surface area contributed by atoms with E-state index in [1.165, 1.54) is 60.7 Å². The molecule has 10 aromatic carbocycles. The molecular weight excluding hydrogens is 1260 g/mol. The third-order valence-corrected chi connectivity index (χ3v) is 16.4. The van der Waals surface area contributed by atoms with Gasteiger partial charge in [0, 0.05) is 37.7 Å². The normalized spacial score (nSPS) is 12.4. The third kappa shape index (κ3) is 15.6. The second kappa shape index (κ2) is 27.8. The Morgan fingerprint density at radius 3 is 1.34 bits per heavy atom. The van der Waals surface area contributed by atoms with Gasteiger partial charge in [-0.2, -0.15) is 32.2 Å². The molecule has 0 saturated carbocycles. The first kappa shape index (κ1) is 71.8. The molecule has 0 aliphatic carbocycles. The van der Waals surface area contributed by atoms with E-state index in [9.17, 15) is 75.1 Å². The van der Waals surface area contributed by atoms with Crippen molar-refractivity contribution >= 4 is 150 Å². The van der Waals surface area contributed by atoms with Crippen LogP contribution in [0.4, 0.5) is 45.5 Å². The van der Waals surface area contributed by atoms with Crippen LogP contribution in [-0.2, 0) is 50.6 Å². The first-order valence-electron chi connectivity index (χ1n) is 22.3. The van der Waals surface area contributed by atoms with Crippen LogP contribution in [0.25, 0.3) is 53.9 Å². The van der Waals surface area contributed by atoms with Crippen LogP contribution in [0.15, 0.2) is 217 Å². The number of fused-ring (bicyclic) bond motifs is 5. The number of rotatable bonds is 13. The number of nitrogens with zero attached hydrogens (tertiary/aromatic N) is 8. The van der Waals surface area contributed by atoms with Gasteiger partial charge in [0.1, 0.15) is 40.1 Å². The molecule has 0 saturated heterocycles. The molecule has 10 aromatic rings. The Morgan fingerprint density at radius 2 is 0.776 bits per heavy atom. The SMILES string of the molecule is O=S(=O)([O-])c1ccc2c(N=Nc3ccc4cc(S(=O)(=O)O)c(N=Nc5ccc(N=Nc6ccc(N=Nc7cc(S(=O)(=O)O)c8cccc(S(=O)(=O)[O-])c8c7)c7ccccc67)c6ccc(S(=O)(=O)[O-])cc56)c([O-])c4c3)c([O-])ccc2c1.[Na+].[Na+].[Na+].[Na+].[Na+]. The Balaban J connectivity index is 0.00000264. The first-order valence-corrected chi connectivity index (χ1v) is 29.4. The van der Waals surface area contributed by atoms with Gasteiger partial charge in [-0.25, -0.2) is 25.3 Å². The quantitative estimate of drug-likeness (QED) is 0.0624. The maximum Gasteiger partial charge on any atom is 1.00 e. The summed E-state index contributed by atoms with van der Waals surface area (Å²) in [5.41, 5.74) is -1.27. The first-order chi connectivity index (χ1) is 37.6. The van der Waals surface area contributed by atoms with Gasteiger partial charge in [0.25, 0.3) is 20.2 Å². The summed E-state index contributed by atoms with van der Waals surface area (Å²) in [5, 5.41) is 60.4. The van der Waals surface area contributed by atoms with Gasteiger partial charge in [-0.05, 0) is 101 Å². The standard InChI is InChI=1S/C50H32N8O17S5.5Na/c59-44-19-9-26-20-30(76(61,62)63)11-13-32(26)48(44)57-51-28-10-8-27-21-47(80(73,74)75)49(50(60)37(27)22-28)58-56-43-18-17-42(35-14-12-31(25-38(35)43)77(64,65)66)55-54-41-16-15-40(33-4-1-2-5-34(33)41)53-52-29-23-39-36(46(24-29)79(70,71)72)6-3-7-45(39)78(67,68)69;;;;;/h1-25,59-60H,(H,61,62,63)(H,64,65,66)(H,67,68,69)(H,70,71,72)(H,73,74,75);;;;;/q;5*+1/p-5. The van der Waals surface area contributed by atoms with Crippen molar-refractivity contribution in [3.63, 3.8) is 0 Å². The van der Waals surface area contributed by atoms with Crippen LogP contribution in [0.5, 0.6) is 11.5 Å². The second-order valence-corrected chi connectivity index (χ2v) is 24.0. The van der Waals surface area contributed by atoms with Gasteiger partial charge >= 0.3 is 148 Å². The molecule has 0 aliphatic heterocycles. The summed E-state index contributed by atoms with van der Waals surface area (Å²) in [5.74, 6) is -1.75. The van der Waals surface area contributed by atoms with E-state index >= 15 is 0 Å². The fraction of sp³-hybridized carbons (Fsp3) is 0. The van der Waals surface area contributed by atoms with Gasteiger partial charge < -0.3 is 23.9 Å². The molecule has 2 N–H and O–H groups in total. The zero-order chi connectivity index (χ0) is 57.3. The minimum Gasteiger partial charge on any atom is -0.871 e. The van der Waals surface area contributed by atoms with Crippen molar-refractivity contribution in [1.29, 1.82) is 0 Å². The van der Waals surface area contributed by atoms with E-state index in [1.54, 1.807) is 24.3 Å². The van der Waals surface area contributed by atoms with Gasteiger partial charge in [-0.1, -0.05) is 78.2 Å². The van der Waals surface area contributed by atoms with Gasteiger partial charge in [0.2, 0.25) is 0 Å². The fourth-order valence-corrected chi connectivity index (χ4v) is 11.6. The molecule has 0 spiro atoms. The number of hydrogen-bond donors (Lipinski definition) is 2. The zero-order valence-electron chi connectivity index (χ0n) is 44.6. The molecule has 0 unspecified atom stereocenters. The van der Waals surface area contributed by atoms with E-state index in [-0.39, 0.29) is 231 Å². The minimum absolute atomic E-state index is 0. The molecule has 0 amide bonds. The van der Waals surface area contributed by atoms with Crippen LogP contribution in [0.2, 0.25) is 0 Å². The monoisotopic (exact) mass is 1290 g/mol. The summed E-state index contributed by atoms with van der Waals surface area (Å²) in [4.78, 5) is -3.77. The summed E-state index contributed by atoms with van der Waals surface area (Å²) >= 11 is 0. The molecule has 85 heavy (non-hydrogen) atoms. The van der Waals surface area contributed by atoms with Crippen LogP contribution in [-0.4, -0.2) is 64.9 Å². The van der Waals surface area contributed by atoms with Gasteiger partial charge in [-0.15, -0.1) is 25.6 Å². The Hall–Kier alpha value is -3.95. The van der Waals surface area contributed by atoms with E-state index in [1.807, 2.05) is 0 Å². The Bertz CT molecular complexity index is 5110. The summed E-state index contributed by atoms with van der Waals surface area (Å²) in [7, 11) is -25.3. The smallest absolute Gasteiger partial charge is 0.871 e. The molecule has 0 bridgehead atoms. The van der Waals surface area contributed by atoms with Gasteiger partial charge in [0.15, 0.2) is 0 Å². The molecule has 0 atom stereocenters. The van der Waals surface area contributed by atoms with Crippen LogP contribution >= 0.6 is 0 Å². The molecule has 0 heterocycles. The van der Waals surface area contributed by atoms with Crippen molar-refractivity contribution in [2.75, 3.05) is 0 Å². The number of benzene rings is 10. The topological polar surface area (TPSA) is 425 Å². The van der Waals surface area contributed by atoms with E-state index in [0.717, 1.165) is 66.7 Å². The van der Waals surface area contributed by atoms with Gasteiger partial charge in [0.05, 0.1) is 60.2 Å². The summed E-state index contributed by atoms with van der Waals surface area (Å²) < 4.78 is 178. The molecule has 35 heteroatoms. The fourth-order valence-electron chi connectivity index (χ4n) is 8.50. The van der Waals surface area contributed by atoms with E-state index in [4.69, 9.17) is 0 Å². The van der Waals surface area contributed by atoms with Crippen molar-refractivity contribution in [1.82, 2.24) is 0 Å². The molecule has 0 aromatic heterocycles. The average Bonchev–Trinajstić information content (AvgIpc) is 3.44. The average molecular weight is 1290 g/mol. The van der Waals surface area contributed by atoms with Crippen molar-refractivity contribution < 1.29 is 223 Å². The van der Waals surface area contributed by atoms with E-state index in [0.29, 0.717) is 10.8 Å². The third-order valence-electron chi connectivity index (χ3n) is 12.1. The molecule has 0 aliphatic rings. The second-order valence-electron chi connectivity index (χ2n) is 17.1. The van der Waals surface area contributed by atoms with Crippen LogP contribution in [0, 0.1) is 0 Å². The maximum atomic E-state index is 14.1.